The van der Waals surface area contributed by atoms with Crippen molar-refractivity contribution >= 4 is 5.91 Å². The zero-order chi connectivity index (χ0) is 10.9. The second-order valence-corrected chi connectivity index (χ2v) is 5.14. The van der Waals surface area contributed by atoms with Crippen LogP contribution in [0.1, 0.15) is 40.0 Å². The van der Waals surface area contributed by atoms with Crippen molar-refractivity contribution in [2.45, 2.75) is 46.1 Å². The highest BCUT2D eigenvalue weighted by molar-refractivity contribution is 5.80. The van der Waals surface area contributed by atoms with Crippen LogP contribution in [0, 0.1) is 17.3 Å². The third-order valence-electron chi connectivity index (χ3n) is 3.63. The molecular weight excluding hydrogens is 178 g/mol. The van der Waals surface area contributed by atoms with E-state index in [2.05, 4.69) is 13.8 Å². The molecular formula is C11H21NO2. The summed E-state index contributed by atoms with van der Waals surface area (Å²) in [6.45, 7) is 6.08. The van der Waals surface area contributed by atoms with Crippen LogP contribution in [0.3, 0.4) is 0 Å². The molecule has 0 aromatic carbocycles. The summed E-state index contributed by atoms with van der Waals surface area (Å²) in [6, 6.07) is 0. The molecule has 3 N–H and O–H groups in total. The SMILES string of the molecule is CC(C)C1CCC(C)(C(N)=O)CC1O. The fraction of sp³-hybridized carbons (Fsp3) is 0.909. The fourth-order valence-electron chi connectivity index (χ4n) is 2.39. The number of amides is 1. The van der Waals surface area contributed by atoms with Gasteiger partial charge >= 0.3 is 0 Å². The number of carbonyl (C=O) groups excluding carboxylic acids is 1. The van der Waals surface area contributed by atoms with E-state index in [-0.39, 0.29) is 12.0 Å². The van der Waals surface area contributed by atoms with Gasteiger partial charge in [-0.3, -0.25) is 4.79 Å². The van der Waals surface area contributed by atoms with Crippen LogP contribution in [0.2, 0.25) is 0 Å². The van der Waals surface area contributed by atoms with E-state index >= 15 is 0 Å². The lowest BCUT2D eigenvalue weighted by atomic mass is 9.67. The topological polar surface area (TPSA) is 63.3 Å². The predicted molar refractivity (Wildman–Crippen MR) is 55.5 cm³/mol. The van der Waals surface area contributed by atoms with Gasteiger partial charge in [-0.15, -0.1) is 0 Å². The predicted octanol–water partition coefficient (Wildman–Crippen LogP) is 1.29. The molecule has 0 aromatic rings. The van der Waals surface area contributed by atoms with Gasteiger partial charge < -0.3 is 10.8 Å². The molecule has 0 heterocycles. The van der Waals surface area contributed by atoms with Gasteiger partial charge in [-0.2, -0.15) is 0 Å². The van der Waals surface area contributed by atoms with Crippen LogP contribution in [-0.2, 0) is 4.79 Å². The molecule has 3 heteroatoms. The Morgan fingerprint density at radius 3 is 2.50 bits per heavy atom. The highest BCUT2D eigenvalue weighted by Crippen LogP contribution is 2.41. The van der Waals surface area contributed by atoms with Gasteiger partial charge in [0, 0.05) is 5.41 Å². The minimum Gasteiger partial charge on any atom is -0.393 e. The number of carbonyl (C=O) groups is 1. The van der Waals surface area contributed by atoms with Gasteiger partial charge in [0.2, 0.25) is 5.91 Å². The Hall–Kier alpha value is -0.570. The highest BCUT2D eigenvalue weighted by Gasteiger charge is 2.41. The molecule has 0 radical (unpaired) electrons. The minimum atomic E-state index is -0.495. The summed E-state index contributed by atoms with van der Waals surface area (Å²) in [6.07, 6.45) is 1.85. The van der Waals surface area contributed by atoms with Crippen LogP contribution in [-0.4, -0.2) is 17.1 Å². The Kier molecular flexibility index (Phi) is 3.20. The third kappa shape index (κ3) is 2.08. The van der Waals surface area contributed by atoms with Crippen LogP contribution >= 0.6 is 0 Å². The summed E-state index contributed by atoms with van der Waals surface area (Å²) >= 11 is 0. The molecule has 0 bridgehead atoms. The largest absolute Gasteiger partial charge is 0.393 e. The number of hydrogen-bond acceptors (Lipinski definition) is 2. The maximum Gasteiger partial charge on any atom is 0.223 e. The van der Waals surface area contributed by atoms with Gasteiger partial charge in [0.15, 0.2) is 0 Å². The second-order valence-electron chi connectivity index (χ2n) is 5.14. The summed E-state index contributed by atoms with van der Waals surface area (Å²) in [7, 11) is 0. The van der Waals surface area contributed by atoms with Gasteiger partial charge in [-0.25, -0.2) is 0 Å². The molecule has 1 aliphatic rings. The first-order valence-electron chi connectivity index (χ1n) is 5.35. The first-order valence-corrected chi connectivity index (χ1v) is 5.35. The Labute approximate surface area is 85.7 Å². The summed E-state index contributed by atoms with van der Waals surface area (Å²) in [5, 5.41) is 9.92. The number of primary amides is 1. The minimum absolute atomic E-state index is 0.279. The summed E-state index contributed by atoms with van der Waals surface area (Å²) in [5.74, 6) is 0.517. The van der Waals surface area contributed by atoms with Crippen LogP contribution in [0.4, 0.5) is 0 Å². The lowest BCUT2D eigenvalue weighted by Gasteiger charge is -2.40. The van der Waals surface area contributed by atoms with Crippen molar-refractivity contribution in [3.05, 3.63) is 0 Å². The maximum absolute atomic E-state index is 11.2. The van der Waals surface area contributed by atoms with Crippen LogP contribution in [0.15, 0.2) is 0 Å². The molecule has 0 spiro atoms. The van der Waals surface area contributed by atoms with Crippen molar-refractivity contribution in [1.29, 1.82) is 0 Å². The van der Waals surface area contributed by atoms with Gasteiger partial charge in [0.1, 0.15) is 0 Å². The molecule has 3 nitrogen and oxygen atoms in total. The van der Waals surface area contributed by atoms with Gasteiger partial charge in [-0.05, 0) is 31.1 Å². The quantitative estimate of drug-likeness (QED) is 0.704. The zero-order valence-electron chi connectivity index (χ0n) is 9.29. The van der Waals surface area contributed by atoms with Crippen LogP contribution in [0.25, 0.3) is 0 Å². The van der Waals surface area contributed by atoms with Crippen molar-refractivity contribution in [3.63, 3.8) is 0 Å². The molecule has 1 fully saturated rings. The molecule has 1 amide bonds. The first kappa shape index (κ1) is 11.5. The lowest BCUT2D eigenvalue weighted by Crippen LogP contribution is -2.44. The molecule has 3 unspecified atom stereocenters. The molecule has 1 aliphatic carbocycles. The van der Waals surface area contributed by atoms with E-state index in [4.69, 9.17) is 5.73 Å². The Morgan fingerprint density at radius 1 is 1.57 bits per heavy atom. The lowest BCUT2D eigenvalue weighted by molar-refractivity contribution is -0.133. The normalized spacial score (nSPS) is 38.6. The van der Waals surface area contributed by atoms with Gasteiger partial charge in [0.05, 0.1) is 6.10 Å². The van der Waals surface area contributed by atoms with E-state index in [0.29, 0.717) is 18.3 Å². The molecule has 1 rings (SSSR count). The highest BCUT2D eigenvalue weighted by atomic mass is 16.3. The van der Waals surface area contributed by atoms with Crippen molar-refractivity contribution in [1.82, 2.24) is 0 Å². The van der Waals surface area contributed by atoms with E-state index in [1.807, 2.05) is 6.92 Å². The average molecular weight is 199 g/mol. The Bertz CT molecular complexity index is 227. The zero-order valence-corrected chi connectivity index (χ0v) is 9.29. The molecule has 0 aromatic heterocycles. The average Bonchev–Trinajstić information content (AvgIpc) is 2.02. The molecule has 14 heavy (non-hydrogen) atoms. The molecule has 3 atom stereocenters. The van der Waals surface area contributed by atoms with Crippen LogP contribution < -0.4 is 5.73 Å². The van der Waals surface area contributed by atoms with E-state index in [0.717, 1.165) is 12.8 Å². The van der Waals surface area contributed by atoms with Gasteiger partial charge in [0.25, 0.3) is 0 Å². The maximum atomic E-state index is 11.2. The van der Waals surface area contributed by atoms with E-state index in [1.165, 1.54) is 0 Å². The van der Waals surface area contributed by atoms with E-state index < -0.39 is 5.41 Å². The molecule has 1 saturated carbocycles. The molecule has 0 saturated heterocycles. The fourth-order valence-corrected chi connectivity index (χ4v) is 2.39. The van der Waals surface area contributed by atoms with Crippen LogP contribution in [0.5, 0.6) is 0 Å². The molecule has 82 valence electrons. The Morgan fingerprint density at radius 2 is 2.14 bits per heavy atom. The summed E-state index contributed by atoms with van der Waals surface area (Å²) < 4.78 is 0. The number of aliphatic hydroxyl groups excluding tert-OH is 1. The smallest absolute Gasteiger partial charge is 0.223 e. The summed E-state index contributed by atoms with van der Waals surface area (Å²) in [4.78, 5) is 11.2. The standard InChI is InChI=1S/C11H21NO2/c1-7(2)8-4-5-11(3,10(12)14)6-9(8)13/h7-9,13H,4-6H2,1-3H3,(H2,12,14). The van der Waals surface area contributed by atoms with Gasteiger partial charge in [-0.1, -0.05) is 20.8 Å². The second kappa shape index (κ2) is 3.89. The summed E-state index contributed by atoms with van der Waals surface area (Å²) in [5.41, 5.74) is 4.84. The number of hydrogen-bond donors (Lipinski definition) is 2. The third-order valence-corrected chi connectivity index (χ3v) is 3.63. The number of aliphatic hydroxyl groups is 1. The van der Waals surface area contributed by atoms with Crippen molar-refractivity contribution in [2.75, 3.05) is 0 Å². The Balaban J connectivity index is 2.68. The first-order chi connectivity index (χ1) is 6.37. The number of rotatable bonds is 2. The monoisotopic (exact) mass is 199 g/mol. The van der Waals surface area contributed by atoms with E-state index in [9.17, 15) is 9.90 Å². The van der Waals surface area contributed by atoms with Crippen molar-refractivity contribution < 1.29 is 9.90 Å². The van der Waals surface area contributed by atoms with Crippen molar-refractivity contribution in [3.8, 4) is 0 Å². The number of nitrogens with two attached hydrogens (primary N) is 1. The van der Waals surface area contributed by atoms with E-state index in [1.54, 1.807) is 0 Å². The molecule has 0 aliphatic heterocycles. The van der Waals surface area contributed by atoms with Crippen molar-refractivity contribution in [2.24, 2.45) is 23.0 Å².